The van der Waals surface area contributed by atoms with Gasteiger partial charge >= 0.3 is 0 Å². The molecule has 1 aromatic carbocycles. The Morgan fingerprint density at radius 2 is 1.97 bits per heavy atom. The molecule has 2 saturated heterocycles. The Bertz CT molecular complexity index is 1070. The van der Waals surface area contributed by atoms with E-state index in [9.17, 15) is 21.6 Å². The predicted molar refractivity (Wildman–Crippen MR) is 109 cm³/mol. The van der Waals surface area contributed by atoms with Crippen LogP contribution in [0.25, 0.3) is 0 Å². The first-order chi connectivity index (χ1) is 13.7. The highest BCUT2D eigenvalue weighted by molar-refractivity contribution is 7.91. The molecule has 0 saturated carbocycles. The molecule has 3 aliphatic heterocycles. The third-order valence-electron chi connectivity index (χ3n) is 5.96. The highest BCUT2D eigenvalue weighted by Gasteiger charge is 2.39. The van der Waals surface area contributed by atoms with E-state index in [2.05, 4.69) is 4.40 Å². The number of benzene rings is 1. The molecule has 4 rings (SSSR count). The van der Waals surface area contributed by atoms with Crippen molar-refractivity contribution in [3.8, 4) is 0 Å². The minimum atomic E-state index is -3.70. The Morgan fingerprint density at radius 1 is 1.21 bits per heavy atom. The maximum Gasteiger partial charge on any atom is 0.285 e. The molecule has 0 unspecified atom stereocenters. The van der Waals surface area contributed by atoms with E-state index < -0.39 is 19.9 Å². The van der Waals surface area contributed by atoms with Crippen molar-refractivity contribution in [1.29, 1.82) is 0 Å². The second kappa shape index (κ2) is 7.39. The summed E-state index contributed by atoms with van der Waals surface area (Å²) in [6.45, 7) is 3.36. The molecule has 0 N–H and O–H groups in total. The Balaban J connectivity index is 1.54. The van der Waals surface area contributed by atoms with Gasteiger partial charge in [-0.3, -0.25) is 4.79 Å². The minimum Gasteiger partial charge on any atom is -0.355 e. The lowest BCUT2D eigenvalue weighted by atomic mass is 9.95. The largest absolute Gasteiger partial charge is 0.355 e. The molecule has 3 aliphatic rings. The summed E-state index contributed by atoms with van der Waals surface area (Å²) in [7, 11) is -6.78. The second-order valence-corrected chi connectivity index (χ2v) is 11.7. The van der Waals surface area contributed by atoms with Crippen molar-refractivity contribution >= 4 is 31.6 Å². The molecular formula is C19H25N3O5S2. The van der Waals surface area contributed by atoms with Crippen LogP contribution < -0.4 is 0 Å². The van der Waals surface area contributed by atoms with E-state index in [0.29, 0.717) is 43.9 Å². The summed E-state index contributed by atoms with van der Waals surface area (Å²) in [5, 5.41) is 0. The molecule has 0 aromatic heterocycles. The number of sulfonamides is 1. The second-order valence-electron chi connectivity index (χ2n) is 7.85. The van der Waals surface area contributed by atoms with Crippen molar-refractivity contribution in [3.63, 3.8) is 0 Å². The fraction of sp³-hybridized carbons (Fsp3) is 0.579. The zero-order chi connectivity index (χ0) is 20.8. The fourth-order valence-electron chi connectivity index (χ4n) is 4.54. The number of sulfone groups is 1. The van der Waals surface area contributed by atoms with Crippen LogP contribution in [0.2, 0.25) is 0 Å². The summed E-state index contributed by atoms with van der Waals surface area (Å²) in [6, 6.07) is 6.48. The predicted octanol–water partition coefficient (Wildman–Crippen LogP) is 0.883. The number of rotatable bonds is 3. The summed E-state index contributed by atoms with van der Waals surface area (Å²) < 4.78 is 52.4. The molecule has 0 bridgehead atoms. The fourth-order valence-corrected chi connectivity index (χ4v) is 7.50. The van der Waals surface area contributed by atoms with Gasteiger partial charge in [0.2, 0.25) is 5.91 Å². The molecule has 158 valence electrons. The van der Waals surface area contributed by atoms with Crippen molar-refractivity contribution < 1.29 is 21.6 Å². The van der Waals surface area contributed by atoms with Crippen LogP contribution >= 0.6 is 0 Å². The van der Waals surface area contributed by atoms with Crippen molar-refractivity contribution in [3.05, 3.63) is 29.8 Å². The molecule has 1 amide bonds. The first-order valence-corrected chi connectivity index (χ1v) is 13.2. The van der Waals surface area contributed by atoms with Gasteiger partial charge in [0.1, 0.15) is 4.90 Å². The number of amides is 1. The number of nitrogens with zero attached hydrogens (tertiary/aromatic N) is 3. The van der Waals surface area contributed by atoms with Gasteiger partial charge in [-0.25, -0.2) is 8.42 Å². The van der Waals surface area contributed by atoms with Crippen LogP contribution in [0.3, 0.4) is 0 Å². The number of carbonyl (C=O) groups excluding carboxylic acids is 1. The molecular weight excluding hydrogens is 414 g/mol. The SMILES string of the molecule is CCN(C(=O)[C@@H]1CCCN(C2=NS(=O)(=O)c3ccccc32)C1)[C@H]1CCS(=O)(=O)C1. The van der Waals surface area contributed by atoms with Gasteiger partial charge in [-0.2, -0.15) is 8.42 Å². The molecule has 2 atom stereocenters. The van der Waals surface area contributed by atoms with Crippen LogP contribution in [-0.2, 0) is 24.7 Å². The van der Waals surface area contributed by atoms with Gasteiger partial charge in [0.05, 0.1) is 17.4 Å². The smallest absolute Gasteiger partial charge is 0.285 e. The zero-order valence-corrected chi connectivity index (χ0v) is 18.0. The van der Waals surface area contributed by atoms with E-state index in [4.69, 9.17) is 0 Å². The van der Waals surface area contributed by atoms with Crippen LogP contribution in [0.1, 0.15) is 31.7 Å². The van der Waals surface area contributed by atoms with Gasteiger partial charge in [0.25, 0.3) is 10.0 Å². The van der Waals surface area contributed by atoms with Gasteiger partial charge in [0, 0.05) is 31.2 Å². The van der Waals surface area contributed by atoms with Gasteiger partial charge < -0.3 is 9.80 Å². The Kier molecular flexibility index (Phi) is 5.18. The molecule has 3 heterocycles. The van der Waals surface area contributed by atoms with Gasteiger partial charge in [-0.1, -0.05) is 12.1 Å². The molecule has 29 heavy (non-hydrogen) atoms. The maximum absolute atomic E-state index is 13.2. The van der Waals surface area contributed by atoms with E-state index in [1.54, 1.807) is 29.2 Å². The summed E-state index contributed by atoms with van der Waals surface area (Å²) in [5.41, 5.74) is 0.579. The third kappa shape index (κ3) is 3.79. The van der Waals surface area contributed by atoms with Crippen LogP contribution in [0.15, 0.2) is 33.6 Å². The summed E-state index contributed by atoms with van der Waals surface area (Å²) in [6.07, 6.45) is 1.93. The quantitative estimate of drug-likeness (QED) is 0.693. The lowest BCUT2D eigenvalue weighted by Gasteiger charge is -2.37. The van der Waals surface area contributed by atoms with Gasteiger partial charge in [0.15, 0.2) is 15.7 Å². The average molecular weight is 440 g/mol. The van der Waals surface area contributed by atoms with Crippen molar-refractivity contribution in [2.45, 2.75) is 37.1 Å². The van der Waals surface area contributed by atoms with E-state index >= 15 is 0 Å². The molecule has 0 aliphatic carbocycles. The van der Waals surface area contributed by atoms with Crippen LogP contribution in [0, 0.1) is 5.92 Å². The number of hydrogen-bond donors (Lipinski definition) is 0. The number of hydrogen-bond acceptors (Lipinski definition) is 6. The number of piperidine rings is 1. The van der Waals surface area contributed by atoms with E-state index in [-0.39, 0.29) is 34.3 Å². The number of fused-ring (bicyclic) bond motifs is 1. The third-order valence-corrected chi connectivity index (χ3v) is 9.03. The highest BCUT2D eigenvalue weighted by Crippen LogP contribution is 2.30. The van der Waals surface area contributed by atoms with E-state index in [1.807, 2.05) is 11.8 Å². The summed E-state index contributed by atoms with van der Waals surface area (Å²) in [4.78, 5) is 17.0. The standard InChI is InChI=1S/C19H25N3O5S2/c1-2-22(15-9-11-28(24,25)13-15)19(23)14-6-5-10-21(12-14)18-16-7-3-4-8-17(16)29(26,27)20-18/h3-4,7-8,14-15H,2,5-6,9-13H2,1H3/t14-,15+/m1/s1. The zero-order valence-electron chi connectivity index (χ0n) is 16.3. The van der Waals surface area contributed by atoms with Crippen molar-refractivity contribution in [1.82, 2.24) is 9.80 Å². The first kappa shape index (κ1) is 20.3. The van der Waals surface area contributed by atoms with Crippen LogP contribution in [0.5, 0.6) is 0 Å². The van der Waals surface area contributed by atoms with E-state index in [1.165, 1.54) is 0 Å². The average Bonchev–Trinajstić information content (AvgIpc) is 3.19. The molecule has 8 nitrogen and oxygen atoms in total. The summed E-state index contributed by atoms with van der Waals surface area (Å²) >= 11 is 0. The van der Waals surface area contributed by atoms with Crippen LogP contribution in [-0.4, -0.2) is 75.6 Å². The Labute approximate surface area is 171 Å². The van der Waals surface area contributed by atoms with Gasteiger partial charge in [-0.15, -0.1) is 4.40 Å². The van der Waals surface area contributed by atoms with Crippen molar-refractivity contribution in [2.24, 2.45) is 10.3 Å². The molecule has 10 heteroatoms. The molecule has 2 fully saturated rings. The molecule has 1 aromatic rings. The van der Waals surface area contributed by atoms with E-state index in [0.717, 1.165) is 6.42 Å². The topological polar surface area (TPSA) is 104 Å². The Hall–Kier alpha value is -1.94. The number of likely N-dealkylation sites (tertiary alicyclic amines) is 1. The molecule has 0 spiro atoms. The molecule has 0 radical (unpaired) electrons. The lowest BCUT2D eigenvalue weighted by Crippen LogP contribution is -2.49. The first-order valence-electron chi connectivity index (χ1n) is 9.92. The highest BCUT2D eigenvalue weighted by atomic mass is 32.2. The Morgan fingerprint density at radius 3 is 2.66 bits per heavy atom. The maximum atomic E-state index is 13.2. The number of carbonyl (C=O) groups is 1. The normalized spacial score (nSPS) is 27.3. The van der Waals surface area contributed by atoms with Crippen molar-refractivity contribution in [2.75, 3.05) is 31.1 Å². The number of amidine groups is 1. The lowest BCUT2D eigenvalue weighted by molar-refractivity contribution is -0.138. The minimum absolute atomic E-state index is 0.0291. The van der Waals surface area contributed by atoms with Crippen LogP contribution in [0.4, 0.5) is 0 Å². The van der Waals surface area contributed by atoms with Gasteiger partial charge in [-0.05, 0) is 38.3 Å². The monoisotopic (exact) mass is 439 g/mol. The summed E-state index contributed by atoms with van der Waals surface area (Å²) in [5.74, 6) is 0.217.